The van der Waals surface area contributed by atoms with Crippen molar-refractivity contribution in [3.05, 3.63) is 29.8 Å². The molecule has 138 valence electrons. The number of amides is 1. The third kappa shape index (κ3) is 5.65. The Morgan fingerprint density at radius 3 is 2.36 bits per heavy atom. The third-order valence-corrected chi connectivity index (χ3v) is 4.29. The maximum absolute atomic E-state index is 12.2. The van der Waals surface area contributed by atoms with Gasteiger partial charge in [-0.1, -0.05) is 12.1 Å². The number of carbonyl (C=O) groups excluding carboxylic acids is 1. The van der Waals surface area contributed by atoms with E-state index in [0.29, 0.717) is 19.3 Å². The molecule has 0 saturated heterocycles. The predicted molar refractivity (Wildman–Crippen MR) is 83.0 cm³/mol. The van der Waals surface area contributed by atoms with Crippen LogP contribution in [0.1, 0.15) is 37.8 Å². The molecule has 1 unspecified atom stereocenters. The van der Waals surface area contributed by atoms with Gasteiger partial charge in [0.1, 0.15) is 5.75 Å². The number of aliphatic carboxylic acids is 1. The highest BCUT2D eigenvalue weighted by atomic mass is 19.4. The van der Waals surface area contributed by atoms with Crippen molar-refractivity contribution in [3.8, 4) is 5.75 Å². The van der Waals surface area contributed by atoms with Crippen molar-refractivity contribution in [2.45, 2.75) is 38.4 Å². The molecule has 0 bridgehead atoms. The summed E-state index contributed by atoms with van der Waals surface area (Å²) in [5.41, 5.74) is 0.723. The van der Waals surface area contributed by atoms with E-state index < -0.39 is 24.7 Å². The number of nitrogens with one attached hydrogen (secondary N) is 1. The fourth-order valence-corrected chi connectivity index (χ4v) is 2.88. The highest BCUT2D eigenvalue weighted by Crippen LogP contribution is 2.31. The summed E-state index contributed by atoms with van der Waals surface area (Å²) in [6.07, 6.45) is -3.03. The van der Waals surface area contributed by atoms with Crippen LogP contribution in [0.4, 0.5) is 13.2 Å². The molecule has 5 nitrogen and oxygen atoms in total. The molecule has 0 aliphatic heterocycles. The molecule has 0 radical (unpaired) electrons. The highest BCUT2D eigenvalue weighted by molar-refractivity contribution is 5.81. The van der Waals surface area contributed by atoms with Gasteiger partial charge < -0.3 is 15.2 Å². The van der Waals surface area contributed by atoms with Crippen LogP contribution < -0.4 is 10.1 Å². The van der Waals surface area contributed by atoms with Crippen LogP contribution >= 0.6 is 0 Å². The number of halogens is 3. The number of hydrogen-bond acceptors (Lipinski definition) is 3. The molecule has 25 heavy (non-hydrogen) atoms. The van der Waals surface area contributed by atoms with E-state index in [4.69, 9.17) is 5.11 Å². The van der Waals surface area contributed by atoms with Gasteiger partial charge in [0.05, 0.1) is 12.0 Å². The average molecular weight is 359 g/mol. The SMILES string of the molecule is CC(NC(=O)[C@@H]1CC[C@H](C(=O)O)C1)c1ccc(OCC(F)(F)F)cc1. The Bertz CT molecular complexity index is 615. The van der Waals surface area contributed by atoms with Crippen LogP contribution in [0, 0.1) is 11.8 Å². The zero-order chi connectivity index (χ0) is 18.6. The Hall–Kier alpha value is -2.25. The normalized spacial score (nSPS) is 21.6. The van der Waals surface area contributed by atoms with E-state index in [1.54, 1.807) is 19.1 Å². The van der Waals surface area contributed by atoms with Crippen LogP contribution in [0.5, 0.6) is 5.75 Å². The molecule has 1 amide bonds. The number of carboxylic acids is 1. The Balaban J connectivity index is 1.87. The minimum Gasteiger partial charge on any atom is -0.484 e. The van der Waals surface area contributed by atoms with Crippen molar-refractivity contribution in [2.24, 2.45) is 11.8 Å². The topological polar surface area (TPSA) is 75.6 Å². The van der Waals surface area contributed by atoms with E-state index in [2.05, 4.69) is 10.1 Å². The number of carboxylic acid groups (broad SMARTS) is 1. The van der Waals surface area contributed by atoms with E-state index in [1.165, 1.54) is 12.1 Å². The lowest BCUT2D eigenvalue weighted by Gasteiger charge is -2.18. The van der Waals surface area contributed by atoms with Gasteiger partial charge in [0.2, 0.25) is 5.91 Å². The lowest BCUT2D eigenvalue weighted by Crippen LogP contribution is -2.32. The molecule has 1 aromatic carbocycles. The van der Waals surface area contributed by atoms with Gasteiger partial charge in [0.25, 0.3) is 0 Å². The second-order valence-electron chi connectivity index (χ2n) is 6.25. The van der Waals surface area contributed by atoms with Crippen molar-refractivity contribution >= 4 is 11.9 Å². The zero-order valence-corrected chi connectivity index (χ0v) is 13.7. The van der Waals surface area contributed by atoms with Gasteiger partial charge in [-0.3, -0.25) is 9.59 Å². The first kappa shape index (κ1) is 19.1. The molecule has 2 rings (SSSR count). The van der Waals surface area contributed by atoms with Crippen LogP contribution in [0.25, 0.3) is 0 Å². The fourth-order valence-electron chi connectivity index (χ4n) is 2.88. The maximum atomic E-state index is 12.2. The summed E-state index contributed by atoms with van der Waals surface area (Å²) in [6.45, 7) is 0.401. The van der Waals surface area contributed by atoms with Gasteiger partial charge in [-0.15, -0.1) is 0 Å². The summed E-state index contributed by atoms with van der Waals surface area (Å²) in [6, 6.07) is 5.67. The van der Waals surface area contributed by atoms with Crippen molar-refractivity contribution in [3.63, 3.8) is 0 Å². The Labute approximate surface area is 143 Å². The van der Waals surface area contributed by atoms with Crippen molar-refractivity contribution in [1.82, 2.24) is 5.32 Å². The molecule has 2 N–H and O–H groups in total. The number of benzene rings is 1. The molecule has 0 spiro atoms. The van der Waals surface area contributed by atoms with E-state index in [0.717, 1.165) is 5.56 Å². The van der Waals surface area contributed by atoms with Crippen LogP contribution in [0.2, 0.25) is 0 Å². The van der Waals surface area contributed by atoms with Crippen LogP contribution in [0.15, 0.2) is 24.3 Å². The van der Waals surface area contributed by atoms with Gasteiger partial charge in [0, 0.05) is 5.92 Å². The molecule has 1 aromatic rings. The second-order valence-corrected chi connectivity index (χ2v) is 6.25. The zero-order valence-electron chi connectivity index (χ0n) is 13.7. The largest absolute Gasteiger partial charge is 0.484 e. The quantitative estimate of drug-likeness (QED) is 0.817. The highest BCUT2D eigenvalue weighted by Gasteiger charge is 2.34. The molecular weight excluding hydrogens is 339 g/mol. The predicted octanol–water partition coefficient (Wildman–Crippen LogP) is 3.31. The Morgan fingerprint density at radius 1 is 1.24 bits per heavy atom. The standard InChI is InChI=1S/C17H20F3NO4/c1-10(21-15(22)12-2-3-13(8-12)16(23)24)11-4-6-14(7-5-11)25-9-17(18,19)20/h4-7,10,12-13H,2-3,8-9H2,1H3,(H,21,22)(H,23,24)/t10?,12-,13+/m1/s1. The molecule has 0 heterocycles. The number of rotatable bonds is 6. The maximum Gasteiger partial charge on any atom is 0.422 e. The molecule has 8 heteroatoms. The molecule has 0 aromatic heterocycles. The summed E-state index contributed by atoms with van der Waals surface area (Å²) in [5.74, 6) is -1.78. The molecule has 1 aliphatic rings. The van der Waals surface area contributed by atoms with Crippen molar-refractivity contribution in [1.29, 1.82) is 0 Å². The van der Waals surface area contributed by atoms with Gasteiger partial charge >= 0.3 is 12.1 Å². The summed E-state index contributed by atoms with van der Waals surface area (Å²) >= 11 is 0. The van der Waals surface area contributed by atoms with E-state index >= 15 is 0 Å². The molecule has 1 fully saturated rings. The molecular formula is C17H20F3NO4. The Morgan fingerprint density at radius 2 is 1.84 bits per heavy atom. The van der Waals surface area contributed by atoms with Crippen LogP contribution in [-0.2, 0) is 9.59 Å². The molecule has 1 saturated carbocycles. The summed E-state index contributed by atoms with van der Waals surface area (Å²) in [5, 5.41) is 11.8. The minimum absolute atomic E-state index is 0.0969. The number of ether oxygens (including phenoxy) is 1. The lowest BCUT2D eigenvalue weighted by molar-refractivity contribution is -0.153. The van der Waals surface area contributed by atoms with E-state index in [9.17, 15) is 22.8 Å². The monoisotopic (exact) mass is 359 g/mol. The van der Waals surface area contributed by atoms with Gasteiger partial charge in [-0.05, 0) is 43.9 Å². The van der Waals surface area contributed by atoms with E-state index in [1.807, 2.05) is 0 Å². The number of alkyl halides is 3. The minimum atomic E-state index is -4.39. The van der Waals surface area contributed by atoms with Gasteiger partial charge in [-0.25, -0.2) is 0 Å². The number of hydrogen-bond donors (Lipinski definition) is 2. The second kappa shape index (κ2) is 7.76. The van der Waals surface area contributed by atoms with Crippen molar-refractivity contribution < 1.29 is 32.6 Å². The first-order valence-corrected chi connectivity index (χ1v) is 7.98. The molecule has 1 aliphatic carbocycles. The lowest BCUT2D eigenvalue weighted by atomic mass is 10.0. The smallest absolute Gasteiger partial charge is 0.422 e. The van der Waals surface area contributed by atoms with Crippen LogP contribution in [-0.4, -0.2) is 29.8 Å². The van der Waals surface area contributed by atoms with Crippen molar-refractivity contribution in [2.75, 3.05) is 6.61 Å². The third-order valence-electron chi connectivity index (χ3n) is 4.29. The average Bonchev–Trinajstić information content (AvgIpc) is 3.03. The van der Waals surface area contributed by atoms with Crippen LogP contribution in [0.3, 0.4) is 0 Å². The summed E-state index contributed by atoms with van der Waals surface area (Å²) in [4.78, 5) is 23.2. The number of carbonyl (C=O) groups is 2. The summed E-state index contributed by atoms with van der Waals surface area (Å²) < 4.78 is 41.0. The first-order valence-electron chi connectivity index (χ1n) is 7.98. The molecule has 3 atom stereocenters. The van der Waals surface area contributed by atoms with Gasteiger partial charge in [0.15, 0.2) is 6.61 Å². The summed E-state index contributed by atoms with van der Waals surface area (Å²) in [7, 11) is 0. The Kier molecular flexibility index (Phi) is 5.92. The van der Waals surface area contributed by atoms with E-state index in [-0.39, 0.29) is 23.6 Å². The fraction of sp³-hybridized carbons (Fsp3) is 0.529. The first-order chi connectivity index (χ1) is 11.7. The van der Waals surface area contributed by atoms with Gasteiger partial charge in [-0.2, -0.15) is 13.2 Å².